The lowest BCUT2D eigenvalue weighted by Gasteiger charge is -2.26. The molecule has 0 unspecified atom stereocenters. The Bertz CT molecular complexity index is 741. The SMILES string of the molecule is COc1ccc(CC[C@]2(C)NC(=O)N(CC(=O)N3CCCCCCC3)C2=O)cc1. The number of carbonyl (C=O) groups is 3. The number of hydrogen-bond acceptors (Lipinski definition) is 4. The predicted molar refractivity (Wildman–Crippen MR) is 110 cm³/mol. The van der Waals surface area contributed by atoms with Gasteiger partial charge in [-0.05, 0) is 50.3 Å². The highest BCUT2D eigenvalue weighted by Gasteiger charge is 2.48. The molecule has 158 valence electrons. The molecule has 1 N–H and O–H groups in total. The van der Waals surface area contributed by atoms with Crippen molar-refractivity contribution in [2.24, 2.45) is 0 Å². The number of ether oxygens (including phenoxy) is 1. The summed E-state index contributed by atoms with van der Waals surface area (Å²) < 4.78 is 5.16. The molecule has 7 heteroatoms. The van der Waals surface area contributed by atoms with E-state index in [1.165, 1.54) is 6.42 Å². The lowest BCUT2D eigenvalue weighted by atomic mass is 9.93. The van der Waals surface area contributed by atoms with E-state index >= 15 is 0 Å². The van der Waals surface area contributed by atoms with Crippen molar-refractivity contribution in [1.29, 1.82) is 0 Å². The average molecular weight is 402 g/mol. The van der Waals surface area contributed by atoms with Crippen LogP contribution in [0.4, 0.5) is 4.79 Å². The molecule has 3 rings (SSSR count). The molecule has 0 spiro atoms. The second-order valence-corrected chi connectivity index (χ2v) is 8.15. The number of imide groups is 1. The van der Waals surface area contributed by atoms with E-state index in [9.17, 15) is 14.4 Å². The van der Waals surface area contributed by atoms with Gasteiger partial charge in [0.15, 0.2) is 0 Å². The minimum absolute atomic E-state index is 0.144. The van der Waals surface area contributed by atoms with Crippen LogP contribution < -0.4 is 10.1 Å². The van der Waals surface area contributed by atoms with Crippen molar-refractivity contribution in [2.75, 3.05) is 26.7 Å². The first-order valence-corrected chi connectivity index (χ1v) is 10.5. The second-order valence-electron chi connectivity index (χ2n) is 8.15. The lowest BCUT2D eigenvalue weighted by molar-refractivity contribution is -0.139. The fourth-order valence-corrected chi connectivity index (χ4v) is 3.98. The normalized spacial score (nSPS) is 22.8. The number of carbonyl (C=O) groups excluding carboxylic acids is 3. The van der Waals surface area contributed by atoms with Crippen molar-refractivity contribution in [1.82, 2.24) is 15.1 Å². The number of hydrogen-bond donors (Lipinski definition) is 1. The molecule has 0 radical (unpaired) electrons. The van der Waals surface area contributed by atoms with Crippen LogP contribution in [0.2, 0.25) is 0 Å². The monoisotopic (exact) mass is 401 g/mol. The maximum atomic E-state index is 13.0. The van der Waals surface area contributed by atoms with Crippen LogP contribution in [0.5, 0.6) is 5.75 Å². The molecule has 2 heterocycles. The van der Waals surface area contributed by atoms with Gasteiger partial charge in [0.25, 0.3) is 5.91 Å². The van der Waals surface area contributed by atoms with Gasteiger partial charge in [-0.25, -0.2) is 4.79 Å². The average Bonchev–Trinajstić information content (AvgIpc) is 2.90. The van der Waals surface area contributed by atoms with Crippen molar-refractivity contribution >= 4 is 17.8 Å². The Kier molecular flexibility index (Phi) is 6.77. The van der Waals surface area contributed by atoms with Crippen LogP contribution in [0.25, 0.3) is 0 Å². The molecule has 0 bridgehead atoms. The smallest absolute Gasteiger partial charge is 0.325 e. The number of methoxy groups -OCH3 is 1. The Morgan fingerprint density at radius 2 is 1.69 bits per heavy atom. The van der Waals surface area contributed by atoms with Gasteiger partial charge < -0.3 is 15.0 Å². The van der Waals surface area contributed by atoms with Gasteiger partial charge in [0.2, 0.25) is 5.91 Å². The lowest BCUT2D eigenvalue weighted by Crippen LogP contribution is -2.46. The fourth-order valence-electron chi connectivity index (χ4n) is 3.98. The number of nitrogens with one attached hydrogen (secondary N) is 1. The molecule has 2 fully saturated rings. The Balaban J connectivity index is 1.59. The summed E-state index contributed by atoms with van der Waals surface area (Å²) >= 11 is 0. The molecule has 7 nitrogen and oxygen atoms in total. The van der Waals surface area contributed by atoms with E-state index in [2.05, 4.69) is 5.32 Å². The van der Waals surface area contributed by atoms with E-state index in [1.54, 1.807) is 18.9 Å². The minimum atomic E-state index is -0.993. The molecule has 2 aliphatic rings. The van der Waals surface area contributed by atoms with E-state index < -0.39 is 11.6 Å². The Morgan fingerprint density at radius 3 is 2.31 bits per heavy atom. The standard InChI is InChI=1S/C22H31N3O4/c1-22(13-12-17-8-10-18(29-2)11-9-17)20(27)25(21(28)23-22)16-19(26)24-14-6-4-3-5-7-15-24/h8-11H,3-7,12-16H2,1-2H3,(H,23,28)/t22-/m0/s1. The molecular weight excluding hydrogens is 370 g/mol. The summed E-state index contributed by atoms with van der Waals surface area (Å²) in [6.45, 7) is 2.97. The van der Waals surface area contributed by atoms with Crippen molar-refractivity contribution in [3.63, 3.8) is 0 Å². The van der Waals surface area contributed by atoms with E-state index in [4.69, 9.17) is 4.74 Å². The predicted octanol–water partition coefficient (Wildman–Crippen LogP) is 2.73. The van der Waals surface area contributed by atoms with Gasteiger partial charge in [-0.2, -0.15) is 0 Å². The largest absolute Gasteiger partial charge is 0.497 e. The summed E-state index contributed by atoms with van der Waals surface area (Å²) in [5.41, 5.74) is 0.0670. The Hall–Kier alpha value is -2.57. The van der Waals surface area contributed by atoms with Crippen LogP contribution in [0.1, 0.15) is 51.0 Å². The molecular formula is C22H31N3O4. The van der Waals surface area contributed by atoms with Gasteiger partial charge in [0.1, 0.15) is 17.8 Å². The van der Waals surface area contributed by atoms with Gasteiger partial charge in [0.05, 0.1) is 7.11 Å². The van der Waals surface area contributed by atoms with E-state index in [1.807, 2.05) is 24.3 Å². The Labute approximate surface area is 172 Å². The molecule has 0 aliphatic carbocycles. The number of rotatable bonds is 6. The summed E-state index contributed by atoms with van der Waals surface area (Å²) in [7, 11) is 1.62. The van der Waals surface area contributed by atoms with Crippen LogP contribution >= 0.6 is 0 Å². The number of aryl methyl sites for hydroxylation is 1. The van der Waals surface area contributed by atoms with E-state index in [-0.39, 0.29) is 18.4 Å². The zero-order valence-corrected chi connectivity index (χ0v) is 17.4. The molecule has 1 aromatic carbocycles. The number of likely N-dealkylation sites (tertiary alicyclic amines) is 1. The van der Waals surface area contributed by atoms with Crippen LogP contribution in [0.15, 0.2) is 24.3 Å². The minimum Gasteiger partial charge on any atom is -0.497 e. The van der Waals surface area contributed by atoms with Crippen LogP contribution in [0, 0.1) is 0 Å². The number of benzene rings is 1. The molecule has 1 aromatic rings. The van der Waals surface area contributed by atoms with Crippen LogP contribution in [-0.2, 0) is 16.0 Å². The highest BCUT2D eigenvalue weighted by atomic mass is 16.5. The summed E-state index contributed by atoms with van der Waals surface area (Å²) in [5, 5.41) is 2.80. The van der Waals surface area contributed by atoms with Gasteiger partial charge in [0, 0.05) is 13.1 Å². The van der Waals surface area contributed by atoms with Crippen molar-refractivity contribution < 1.29 is 19.1 Å². The topological polar surface area (TPSA) is 79.0 Å². The fraction of sp³-hybridized carbons (Fsp3) is 0.591. The van der Waals surface area contributed by atoms with Crippen molar-refractivity contribution in [2.45, 2.75) is 57.4 Å². The first-order valence-electron chi connectivity index (χ1n) is 10.5. The van der Waals surface area contributed by atoms with Crippen molar-refractivity contribution in [3.05, 3.63) is 29.8 Å². The van der Waals surface area contributed by atoms with Crippen molar-refractivity contribution in [3.8, 4) is 5.75 Å². The third-order valence-corrected chi connectivity index (χ3v) is 5.92. The molecule has 2 aliphatic heterocycles. The van der Waals surface area contributed by atoms with Gasteiger partial charge >= 0.3 is 6.03 Å². The van der Waals surface area contributed by atoms with Gasteiger partial charge in [-0.3, -0.25) is 14.5 Å². The first kappa shape index (κ1) is 21.1. The first-order chi connectivity index (χ1) is 13.9. The summed E-state index contributed by atoms with van der Waals surface area (Å²) in [4.78, 5) is 41.0. The summed E-state index contributed by atoms with van der Waals surface area (Å²) in [6, 6.07) is 7.18. The molecule has 4 amide bonds. The van der Waals surface area contributed by atoms with Crippen LogP contribution in [0.3, 0.4) is 0 Å². The third-order valence-electron chi connectivity index (χ3n) is 5.92. The number of amides is 4. The number of urea groups is 1. The second kappa shape index (κ2) is 9.29. The maximum absolute atomic E-state index is 13.0. The van der Waals surface area contributed by atoms with E-state index in [0.717, 1.165) is 41.9 Å². The molecule has 1 atom stereocenters. The molecule has 2 saturated heterocycles. The van der Waals surface area contributed by atoms with E-state index in [0.29, 0.717) is 25.9 Å². The summed E-state index contributed by atoms with van der Waals surface area (Å²) in [6.07, 6.45) is 6.52. The van der Waals surface area contributed by atoms with Crippen LogP contribution in [-0.4, -0.2) is 59.9 Å². The Morgan fingerprint density at radius 1 is 1.07 bits per heavy atom. The number of nitrogens with zero attached hydrogens (tertiary/aromatic N) is 2. The molecule has 29 heavy (non-hydrogen) atoms. The summed E-state index contributed by atoms with van der Waals surface area (Å²) in [5.74, 6) is 0.310. The highest BCUT2D eigenvalue weighted by Crippen LogP contribution is 2.24. The zero-order chi connectivity index (χ0) is 20.9. The highest BCUT2D eigenvalue weighted by molar-refractivity contribution is 6.08. The van der Waals surface area contributed by atoms with Gasteiger partial charge in [-0.1, -0.05) is 31.4 Å². The zero-order valence-electron chi connectivity index (χ0n) is 17.4. The maximum Gasteiger partial charge on any atom is 0.325 e. The quantitative estimate of drug-likeness (QED) is 0.744. The molecule has 0 saturated carbocycles. The van der Waals surface area contributed by atoms with Gasteiger partial charge in [-0.15, -0.1) is 0 Å². The third kappa shape index (κ3) is 5.08. The molecule has 0 aromatic heterocycles.